The summed E-state index contributed by atoms with van der Waals surface area (Å²) in [6.45, 7) is 6.55. The van der Waals surface area contributed by atoms with Crippen molar-refractivity contribution in [3.63, 3.8) is 0 Å². The molecule has 0 bridgehead atoms. The van der Waals surface area contributed by atoms with E-state index in [-0.39, 0.29) is 34.2 Å². The van der Waals surface area contributed by atoms with Crippen molar-refractivity contribution in [1.29, 1.82) is 0 Å². The van der Waals surface area contributed by atoms with Crippen LogP contribution in [0.5, 0.6) is 11.5 Å². The minimum atomic E-state index is -0.869. The van der Waals surface area contributed by atoms with Crippen LogP contribution in [-0.4, -0.2) is 40.4 Å². The Hall–Kier alpha value is -3.84. The number of Topliss-reactive ketones (excluding diaryl/α,β-unsaturated/α-hetero) is 1. The number of carbonyl (C=O) groups is 2. The second kappa shape index (κ2) is 11.0. The van der Waals surface area contributed by atoms with Crippen LogP contribution in [0, 0.1) is 12.8 Å². The van der Waals surface area contributed by atoms with E-state index < -0.39 is 17.7 Å². The average molecular weight is 521 g/mol. The van der Waals surface area contributed by atoms with Gasteiger partial charge >= 0.3 is 0 Å². The number of amides is 1. The van der Waals surface area contributed by atoms with Gasteiger partial charge in [-0.1, -0.05) is 43.6 Å². The lowest BCUT2D eigenvalue weighted by Gasteiger charge is -2.26. The second-order valence-electron chi connectivity index (χ2n) is 9.39. The summed E-state index contributed by atoms with van der Waals surface area (Å²) in [7, 11) is 1.43. The second-order valence-corrected chi connectivity index (χ2v) is 9.80. The monoisotopic (exact) mass is 520 g/mol. The zero-order chi connectivity index (χ0) is 26.7. The molecular weight excluding hydrogens is 492 g/mol. The number of aromatic nitrogens is 1. The molecule has 1 atom stereocenters. The molecule has 1 fully saturated rings. The van der Waals surface area contributed by atoms with Gasteiger partial charge in [-0.25, -0.2) is 0 Å². The van der Waals surface area contributed by atoms with Crippen molar-refractivity contribution in [3.8, 4) is 11.5 Å². The van der Waals surface area contributed by atoms with Crippen molar-refractivity contribution in [2.75, 3.05) is 13.7 Å². The predicted molar refractivity (Wildman–Crippen MR) is 142 cm³/mol. The summed E-state index contributed by atoms with van der Waals surface area (Å²) in [5.74, 6) is -0.724. The van der Waals surface area contributed by atoms with Gasteiger partial charge in [0.1, 0.15) is 17.3 Å². The highest BCUT2D eigenvalue weighted by molar-refractivity contribution is 6.46. The largest absolute Gasteiger partial charge is 0.507 e. The number of hydrogen-bond donors (Lipinski definition) is 1. The quantitative estimate of drug-likeness (QED) is 0.232. The molecule has 1 aliphatic rings. The number of likely N-dealkylation sites (tertiary alicyclic amines) is 1. The molecule has 0 aliphatic carbocycles. The van der Waals surface area contributed by atoms with Crippen LogP contribution in [0.2, 0.25) is 5.02 Å². The van der Waals surface area contributed by atoms with Crippen LogP contribution in [0.25, 0.3) is 5.76 Å². The third-order valence-electron chi connectivity index (χ3n) is 6.02. The van der Waals surface area contributed by atoms with Crippen LogP contribution in [0.4, 0.5) is 0 Å². The van der Waals surface area contributed by atoms with Crippen LogP contribution in [-0.2, 0) is 16.1 Å². The van der Waals surface area contributed by atoms with Gasteiger partial charge in [0, 0.05) is 18.9 Å². The number of benzene rings is 2. The van der Waals surface area contributed by atoms with Gasteiger partial charge in [0.15, 0.2) is 0 Å². The number of aliphatic hydroxyl groups excluding tert-OH is 1. The maximum Gasteiger partial charge on any atom is 0.295 e. The van der Waals surface area contributed by atoms with Crippen molar-refractivity contribution < 1.29 is 24.2 Å². The first-order valence-electron chi connectivity index (χ1n) is 12.0. The van der Waals surface area contributed by atoms with Crippen molar-refractivity contribution in [3.05, 3.63) is 93.8 Å². The molecule has 2 heterocycles. The van der Waals surface area contributed by atoms with Gasteiger partial charge in [0.2, 0.25) is 0 Å². The first kappa shape index (κ1) is 26.2. The van der Waals surface area contributed by atoms with E-state index in [0.717, 1.165) is 11.1 Å². The van der Waals surface area contributed by atoms with Crippen molar-refractivity contribution in [1.82, 2.24) is 9.88 Å². The third kappa shape index (κ3) is 5.47. The summed E-state index contributed by atoms with van der Waals surface area (Å²) >= 11 is 6.38. The average Bonchev–Trinajstić information content (AvgIpc) is 3.12. The van der Waals surface area contributed by atoms with Gasteiger partial charge in [-0.2, -0.15) is 0 Å². The number of pyridine rings is 1. The maximum atomic E-state index is 13.4. The number of aryl methyl sites for hydroxylation is 1. The van der Waals surface area contributed by atoms with E-state index in [1.54, 1.807) is 42.7 Å². The topological polar surface area (TPSA) is 89.0 Å². The van der Waals surface area contributed by atoms with Crippen LogP contribution in [0.1, 0.15) is 42.1 Å². The molecule has 192 valence electrons. The minimum absolute atomic E-state index is 0.0464. The Kier molecular flexibility index (Phi) is 7.83. The summed E-state index contributed by atoms with van der Waals surface area (Å²) in [5, 5.41) is 11.8. The molecule has 0 radical (unpaired) electrons. The molecular formula is C29H29ClN2O5. The number of ketones is 1. The van der Waals surface area contributed by atoms with E-state index in [1.165, 1.54) is 12.0 Å². The van der Waals surface area contributed by atoms with Crippen molar-refractivity contribution in [2.24, 2.45) is 5.92 Å². The molecule has 1 amide bonds. The molecule has 1 unspecified atom stereocenters. The van der Waals surface area contributed by atoms with Gasteiger partial charge in [-0.15, -0.1) is 0 Å². The lowest BCUT2D eigenvalue weighted by atomic mass is 9.94. The molecule has 7 nitrogen and oxygen atoms in total. The van der Waals surface area contributed by atoms with Gasteiger partial charge in [-0.05, 0) is 59.9 Å². The van der Waals surface area contributed by atoms with E-state index in [1.807, 2.05) is 39.0 Å². The number of ether oxygens (including phenoxy) is 2. The van der Waals surface area contributed by atoms with E-state index >= 15 is 0 Å². The highest BCUT2D eigenvalue weighted by Crippen LogP contribution is 2.43. The highest BCUT2D eigenvalue weighted by atomic mass is 35.5. The normalized spacial score (nSPS) is 16.9. The van der Waals surface area contributed by atoms with E-state index in [4.69, 9.17) is 21.1 Å². The molecule has 1 aliphatic heterocycles. The van der Waals surface area contributed by atoms with Crippen molar-refractivity contribution >= 4 is 29.1 Å². The van der Waals surface area contributed by atoms with Crippen LogP contribution in [0.3, 0.4) is 0 Å². The Bertz CT molecular complexity index is 1350. The fourth-order valence-corrected chi connectivity index (χ4v) is 4.72. The molecule has 1 saturated heterocycles. The molecule has 1 N–H and O–H groups in total. The number of methoxy groups -OCH3 is 1. The first-order chi connectivity index (χ1) is 17.7. The molecule has 37 heavy (non-hydrogen) atoms. The lowest BCUT2D eigenvalue weighted by Crippen LogP contribution is -2.29. The number of aliphatic hydroxyl groups is 1. The number of nitrogens with zero attached hydrogens (tertiary/aromatic N) is 2. The summed E-state index contributed by atoms with van der Waals surface area (Å²) in [6, 6.07) is 13.3. The number of rotatable bonds is 8. The van der Waals surface area contributed by atoms with Gasteiger partial charge in [0.05, 0.1) is 35.9 Å². The third-order valence-corrected chi connectivity index (χ3v) is 6.30. The summed E-state index contributed by atoms with van der Waals surface area (Å²) < 4.78 is 11.4. The number of hydrogen-bond acceptors (Lipinski definition) is 6. The van der Waals surface area contributed by atoms with E-state index in [9.17, 15) is 14.7 Å². The summed E-state index contributed by atoms with van der Waals surface area (Å²) in [4.78, 5) is 32.4. The zero-order valence-corrected chi connectivity index (χ0v) is 22.0. The molecule has 0 spiro atoms. The fourth-order valence-electron chi connectivity index (χ4n) is 4.37. The van der Waals surface area contributed by atoms with Crippen LogP contribution in [0.15, 0.2) is 66.5 Å². The standard InChI is InChI=1S/C29H29ClN2O5/c1-17(2)16-37-21-9-5-8-20(13-21)25-24(26(33)22-11-18(3)12-23(30)28(22)36-4)27(34)29(35)32(25)15-19-7-6-10-31-14-19/h5-14,17,25,33H,15-16H2,1-4H3/b26-24+. The van der Waals surface area contributed by atoms with Gasteiger partial charge < -0.3 is 19.5 Å². The maximum absolute atomic E-state index is 13.4. The Balaban J connectivity index is 1.90. The molecule has 1 aromatic heterocycles. The molecule has 0 saturated carbocycles. The predicted octanol–water partition coefficient (Wildman–Crippen LogP) is 5.71. The fraction of sp³-hybridized carbons (Fsp3) is 0.276. The molecule has 8 heteroatoms. The zero-order valence-electron chi connectivity index (χ0n) is 21.2. The molecule has 3 aromatic rings. The SMILES string of the molecule is COc1c(Cl)cc(C)cc1/C(O)=C1\C(=O)C(=O)N(Cc2cccnc2)C1c1cccc(OCC(C)C)c1. The smallest absolute Gasteiger partial charge is 0.295 e. The number of halogens is 1. The molecule has 4 rings (SSSR count). The first-order valence-corrected chi connectivity index (χ1v) is 12.3. The van der Waals surface area contributed by atoms with Gasteiger partial charge in [0.25, 0.3) is 11.7 Å². The lowest BCUT2D eigenvalue weighted by molar-refractivity contribution is -0.140. The Labute approximate surface area is 221 Å². The highest BCUT2D eigenvalue weighted by Gasteiger charge is 2.46. The van der Waals surface area contributed by atoms with Crippen LogP contribution < -0.4 is 9.47 Å². The Morgan fingerprint density at radius 2 is 1.95 bits per heavy atom. The van der Waals surface area contributed by atoms with E-state index in [2.05, 4.69) is 4.98 Å². The number of carbonyl (C=O) groups excluding carboxylic acids is 2. The van der Waals surface area contributed by atoms with Crippen LogP contribution >= 0.6 is 11.6 Å². The minimum Gasteiger partial charge on any atom is -0.507 e. The summed E-state index contributed by atoms with van der Waals surface area (Å²) in [5.41, 5.74) is 2.33. The molecule has 2 aromatic carbocycles. The Morgan fingerprint density at radius 1 is 1.16 bits per heavy atom. The Morgan fingerprint density at radius 3 is 2.62 bits per heavy atom. The van der Waals surface area contributed by atoms with Crippen molar-refractivity contribution in [2.45, 2.75) is 33.4 Å². The van der Waals surface area contributed by atoms with E-state index in [0.29, 0.717) is 23.8 Å². The summed E-state index contributed by atoms with van der Waals surface area (Å²) in [6.07, 6.45) is 3.28. The van der Waals surface area contributed by atoms with Gasteiger partial charge in [-0.3, -0.25) is 14.6 Å².